The second-order valence-corrected chi connectivity index (χ2v) is 6.08. The molecule has 0 spiro atoms. The Morgan fingerprint density at radius 3 is 2.67 bits per heavy atom. The van der Waals surface area contributed by atoms with Crippen molar-refractivity contribution in [2.45, 2.75) is 12.8 Å². The molecule has 0 aliphatic carbocycles. The van der Waals surface area contributed by atoms with Gasteiger partial charge in [0, 0.05) is 15.6 Å². The quantitative estimate of drug-likeness (QED) is 0.836. The molecule has 0 aliphatic heterocycles. The van der Waals surface area contributed by atoms with Crippen LogP contribution in [0.1, 0.15) is 22.5 Å². The summed E-state index contributed by atoms with van der Waals surface area (Å²) in [5.41, 5.74) is 0. The van der Waals surface area contributed by atoms with Crippen molar-refractivity contribution in [1.82, 2.24) is 0 Å². The Hall–Kier alpha value is -0.910. The molecule has 0 radical (unpaired) electrons. The van der Waals surface area contributed by atoms with E-state index in [2.05, 4.69) is 15.9 Å². The summed E-state index contributed by atoms with van der Waals surface area (Å²) in [5, 5.41) is 10.0. The Labute approximate surface area is 121 Å². The van der Waals surface area contributed by atoms with Crippen molar-refractivity contribution in [3.8, 4) is 0 Å². The molecule has 0 unspecified atom stereocenters. The lowest BCUT2D eigenvalue weighted by molar-refractivity contribution is -0.136. The number of hydrogen-bond donors (Lipinski definition) is 1. The summed E-state index contributed by atoms with van der Waals surface area (Å²) >= 11 is 10.6. The topological polar surface area (TPSA) is 54.4 Å². The van der Waals surface area contributed by atoms with Crippen LogP contribution in [-0.4, -0.2) is 16.9 Å². The van der Waals surface area contributed by atoms with Gasteiger partial charge in [-0.05, 0) is 39.5 Å². The Morgan fingerprint density at radius 1 is 1.28 bits per heavy atom. The SMILES string of the molecule is O=C(O)CCC(=O)c1cc2cc(Cl)c(Br)cc2s1. The van der Waals surface area contributed by atoms with E-state index in [0.717, 1.165) is 14.6 Å². The molecule has 0 aliphatic rings. The molecule has 3 nitrogen and oxygen atoms in total. The highest BCUT2D eigenvalue weighted by molar-refractivity contribution is 9.10. The first kappa shape index (κ1) is 13.5. The number of carboxylic acid groups (broad SMARTS) is 1. The predicted molar refractivity (Wildman–Crippen MR) is 75.7 cm³/mol. The van der Waals surface area contributed by atoms with Crippen LogP contribution < -0.4 is 0 Å². The summed E-state index contributed by atoms with van der Waals surface area (Å²) in [6, 6.07) is 5.39. The number of aliphatic carboxylic acids is 1. The Kier molecular flexibility index (Phi) is 4.04. The van der Waals surface area contributed by atoms with Crippen molar-refractivity contribution in [2.24, 2.45) is 0 Å². The minimum Gasteiger partial charge on any atom is -0.481 e. The molecular weight excluding hydrogens is 340 g/mol. The standard InChI is InChI=1S/C12H8BrClO3S/c13-7-5-10-6(3-8(7)14)4-11(18-10)9(15)1-2-12(16)17/h3-5H,1-2H2,(H,16,17). The number of benzene rings is 1. The predicted octanol–water partition coefficient (Wildman–Crippen LogP) is 4.36. The second kappa shape index (κ2) is 5.38. The van der Waals surface area contributed by atoms with E-state index in [1.54, 1.807) is 12.1 Å². The number of carbonyl (C=O) groups excluding carboxylic acids is 1. The highest BCUT2D eigenvalue weighted by atomic mass is 79.9. The zero-order valence-electron chi connectivity index (χ0n) is 9.07. The number of hydrogen-bond acceptors (Lipinski definition) is 3. The normalized spacial score (nSPS) is 10.8. The zero-order valence-corrected chi connectivity index (χ0v) is 12.2. The first-order valence-electron chi connectivity index (χ1n) is 5.11. The van der Waals surface area contributed by atoms with Crippen LogP contribution in [0.4, 0.5) is 0 Å². The smallest absolute Gasteiger partial charge is 0.303 e. The fourth-order valence-electron chi connectivity index (χ4n) is 1.52. The molecule has 1 aromatic heterocycles. The van der Waals surface area contributed by atoms with Crippen molar-refractivity contribution in [1.29, 1.82) is 0 Å². The van der Waals surface area contributed by atoms with Crippen LogP contribution in [0.2, 0.25) is 5.02 Å². The minimum absolute atomic E-state index is 0.0249. The molecular formula is C12H8BrClO3S. The summed E-state index contributed by atoms with van der Waals surface area (Å²) in [5.74, 6) is -1.11. The molecule has 2 rings (SSSR count). The zero-order chi connectivity index (χ0) is 13.3. The van der Waals surface area contributed by atoms with E-state index in [1.165, 1.54) is 11.3 Å². The lowest BCUT2D eigenvalue weighted by atomic mass is 10.2. The lowest BCUT2D eigenvalue weighted by Crippen LogP contribution is -2.01. The monoisotopic (exact) mass is 346 g/mol. The molecule has 6 heteroatoms. The molecule has 94 valence electrons. The molecule has 0 saturated carbocycles. The fraction of sp³-hybridized carbons (Fsp3) is 0.167. The van der Waals surface area contributed by atoms with E-state index >= 15 is 0 Å². The minimum atomic E-state index is -0.963. The van der Waals surface area contributed by atoms with E-state index in [1.807, 2.05) is 6.07 Å². The number of fused-ring (bicyclic) bond motifs is 1. The van der Waals surface area contributed by atoms with Gasteiger partial charge in [-0.15, -0.1) is 11.3 Å². The van der Waals surface area contributed by atoms with Crippen LogP contribution in [0.3, 0.4) is 0 Å². The molecule has 0 atom stereocenters. The molecule has 0 amide bonds. The fourth-order valence-corrected chi connectivity index (χ4v) is 3.23. The number of rotatable bonds is 4. The maximum Gasteiger partial charge on any atom is 0.303 e. The van der Waals surface area contributed by atoms with Crippen LogP contribution in [-0.2, 0) is 4.79 Å². The molecule has 0 fully saturated rings. The van der Waals surface area contributed by atoms with Gasteiger partial charge in [-0.3, -0.25) is 9.59 Å². The molecule has 1 aromatic carbocycles. The lowest BCUT2D eigenvalue weighted by Gasteiger charge is -1.94. The first-order chi connectivity index (χ1) is 8.47. The molecule has 2 aromatic rings. The Balaban J connectivity index is 2.30. The number of ketones is 1. The van der Waals surface area contributed by atoms with Crippen molar-refractivity contribution >= 4 is 60.7 Å². The van der Waals surface area contributed by atoms with E-state index in [-0.39, 0.29) is 18.6 Å². The van der Waals surface area contributed by atoms with Gasteiger partial charge < -0.3 is 5.11 Å². The van der Waals surface area contributed by atoms with Gasteiger partial charge in [-0.25, -0.2) is 0 Å². The van der Waals surface area contributed by atoms with Gasteiger partial charge in [-0.2, -0.15) is 0 Å². The number of carboxylic acids is 1. The third-order valence-electron chi connectivity index (χ3n) is 2.40. The summed E-state index contributed by atoms with van der Waals surface area (Å²) in [7, 11) is 0. The number of thiophene rings is 1. The van der Waals surface area contributed by atoms with Gasteiger partial charge >= 0.3 is 5.97 Å². The van der Waals surface area contributed by atoms with Crippen molar-refractivity contribution in [3.05, 3.63) is 32.6 Å². The third-order valence-corrected chi connectivity index (χ3v) is 4.74. The molecule has 0 saturated heterocycles. The van der Waals surface area contributed by atoms with Gasteiger partial charge in [0.05, 0.1) is 16.3 Å². The maximum atomic E-state index is 11.8. The Bertz CT molecular complexity index is 597. The largest absolute Gasteiger partial charge is 0.481 e. The van der Waals surface area contributed by atoms with E-state index in [9.17, 15) is 9.59 Å². The van der Waals surface area contributed by atoms with Gasteiger partial charge in [-0.1, -0.05) is 11.6 Å². The average molecular weight is 348 g/mol. The van der Waals surface area contributed by atoms with E-state index < -0.39 is 5.97 Å². The van der Waals surface area contributed by atoms with Crippen LogP contribution in [0.15, 0.2) is 22.7 Å². The van der Waals surface area contributed by atoms with Crippen LogP contribution >= 0.6 is 38.9 Å². The second-order valence-electron chi connectivity index (χ2n) is 3.73. The van der Waals surface area contributed by atoms with Crippen molar-refractivity contribution in [2.75, 3.05) is 0 Å². The number of halogens is 2. The highest BCUT2D eigenvalue weighted by Gasteiger charge is 2.13. The molecule has 18 heavy (non-hydrogen) atoms. The van der Waals surface area contributed by atoms with E-state index in [4.69, 9.17) is 16.7 Å². The molecule has 0 bridgehead atoms. The Morgan fingerprint density at radius 2 is 2.00 bits per heavy atom. The maximum absolute atomic E-state index is 11.8. The molecule has 1 heterocycles. The summed E-state index contributed by atoms with van der Waals surface area (Å²) in [6.07, 6.45) is -0.116. The van der Waals surface area contributed by atoms with Crippen LogP contribution in [0.5, 0.6) is 0 Å². The highest BCUT2D eigenvalue weighted by Crippen LogP contribution is 2.33. The van der Waals surface area contributed by atoms with Gasteiger partial charge in [0.2, 0.25) is 0 Å². The van der Waals surface area contributed by atoms with Gasteiger partial charge in [0.25, 0.3) is 0 Å². The summed E-state index contributed by atoms with van der Waals surface area (Å²) in [4.78, 5) is 22.8. The van der Waals surface area contributed by atoms with Crippen LogP contribution in [0.25, 0.3) is 10.1 Å². The summed E-state index contributed by atoms with van der Waals surface area (Å²) in [6.45, 7) is 0. The van der Waals surface area contributed by atoms with E-state index in [0.29, 0.717) is 9.90 Å². The first-order valence-corrected chi connectivity index (χ1v) is 7.09. The van der Waals surface area contributed by atoms with Crippen molar-refractivity contribution in [3.63, 3.8) is 0 Å². The number of Topliss-reactive ketones (excluding diaryl/α,β-unsaturated/α-hetero) is 1. The molecule has 1 N–H and O–H groups in total. The van der Waals surface area contributed by atoms with Crippen LogP contribution in [0, 0.1) is 0 Å². The van der Waals surface area contributed by atoms with Gasteiger partial charge in [0.1, 0.15) is 0 Å². The summed E-state index contributed by atoms with van der Waals surface area (Å²) < 4.78 is 1.73. The van der Waals surface area contributed by atoms with Crippen molar-refractivity contribution < 1.29 is 14.7 Å². The average Bonchev–Trinajstić information content (AvgIpc) is 2.69. The third kappa shape index (κ3) is 2.91. The van der Waals surface area contributed by atoms with Gasteiger partial charge in [0.15, 0.2) is 5.78 Å². The number of carbonyl (C=O) groups is 2.